The highest BCUT2D eigenvalue weighted by atomic mass is 16.3. The van der Waals surface area contributed by atoms with Gasteiger partial charge in [-0.1, -0.05) is 19.8 Å². The van der Waals surface area contributed by atoms with E-state index < -0.39 is 0 Å². The van der Waals surface area contributed by atoms with Crippen molar-refractivity contribution in [2.45, 2.75) is 39.5 Å². The number of unbranched alkanes of at least 4 members (excludes halogenated alkanes) is 2. The number of hydrogen-bond acceptors (Lipinski definition) is 2. The maximum absolute atomic E-state index is 11.8. The lowest BCUT2D eigenvalue weighted by Gasteiger charge is -2.04. The summed E-state index contributed by atoms with van der Waals surface area (Å²) < 4.78 is 0. The van der Waals surface area contributed by atoms with Crippen molar-refractivity contribution >= 4 is 5.78 Å². The highest BCUT2D eigenvalue weighted by Gasteiger charge is 2.08. The normalized spacial score (nSPS) is 10.3. The van der Waals surface area contributed by atoms with Crippen LogP contribution in [0.25, 0.3) is 0 Å². The van der Waals surface area contributed by atoms with Crippen molar-refractivity contribution < 1.29 is 9.90 Å². The number of aromatic hydroxyl groups is 1. The third kappa shape index (κ3) is 3.39. The first-order valence-corrected chi connectivity index (χ1v) is 5.48. The van der Waals surface area contributed by atoms with Gasteiger partial charge < -0.3 is 5.11 Å². The molecule has 1 aromatic carbocycles. The molecule has 0 saturated heterocycles. The van der Waals surface area contributed by atoms with Crippen LogP contribution in [-0.4, -0.2) is 10.9 Å². The van der Waals surface area contributed by atoms with Crippen LogP contribution in [0.5, 0.6) is 5.75 Å². The SMILES string of the molecule is CCCCCC(=O)c1ccc(O)cc1C. The first kappa shape index (κ1) is 11.8. The van der Waals surface area contributed by atoms with Crippen LogP contribution in [0.3, 0.4) is 0 Å². The number of carbonyl (C=O) groups excluding carboxylic acids is 1. The van der Waals surface area contributed by atoms with Gasteiger partial charge in [0.25, 0.3) is 0 Å². The van der Waals surface area contributed by atoms with Gasteiger partial charge in [0.15, 0.2) is 5.78 Å². The van der Waals surface area contributed by atoms with Gasteiger partial charge >= 0.3 is 0 Å². The fraction of sp³-hybridized carbons (Fsp3) is 0.462. The molecule has 2 nitrogen and oxygen atoms in total. The zero-order valence-electron chi connectivity index (χ0n) is 9.42. The Morgan fingerprint density at radius 3 is 2.67 bits per heavy atom. The number of rotatable bonds is 5. The largest absolute Gasteiger partial charge is 0.508 e. The minimum absolute atomic E-state index is 0.181. The van der Waals surface area contributed by atoms with E-state index in [9.17, 15) is 9.90 Å². The third-order valence-electron chi connectivity index (χ3n) is 2.52. The Morgan fingerprint density at radius 1 is 1.33 bits per heavy atom. The molecular weight excluding hydrogens is 188 g/mol. The van der Waals surface area contributed by atoms with Crippen LogP contribution in [0.2, 0.25) is 0 Å². The molecule has 2 heteroatoms. The van der Waals surface area contributed by atoms with Gasteiger partial charge in [-0.15, -0.1) is 0 Å². The Balaban J connectivity index is 2.65. The zero-order chi connectivity index (χ0) is 11.3. The molecule has 0 aliphatic carbocycles. The van der Waals surface area contributed by atoms with E-state index >= 15 is 0 Å². The fourth-order valence-electron chi connectivity index (χ4n) is 1.63. The standard InChI is InChI=1S/C13H18O2/c1-3-4-5-6-13(15)12-8-7-11(14)9-10(12)2/h7-9,14H,3-6H2,1-2H3. The number of aryl methyl sites for hydroxylation is 1. The van der Waals surface area contributed by atoms with Gasteiger partial charge in [-0.05, 0) is 37.1 Å². The van der Waals surface area contributed by atoms with Crippen molar-refractivity contribution in [3.63, 3.8) is 0 Å². The van der Waals surface area contributed by atoms with Crippen molar-refractivity contribution in [1.29, 1.82) is 0 Å². The van der Waals surface area contributed by atoms with E-state index in [1.54, 1.807) is 18.2 Å². The minimum atomic E-state index is 0.181. The van der Waals surface area contributed by atoms with E-state index in [-0.39, 0.29) is 11.5 Å². The predicted octanol–water partition coefficient (Wildman–Crippen LogP) is 3.46. The number of ketones is 1. The summed E-state index contributed by atoms with van der Waals surface area (Å²) in [5.41, 5.74) is 1.60. The Labute approximate surface area is 90.9 Å². The molecule has 0 fully saturated rings. The van der Waals surface area contributed by atoms with Crippen LogP contribution in [0, 0.1) is 6.92 Å². The summed E-state index contributed by atoms with van der Waals surface area (Å²) in [5.74, 6) is 0.401. The summed E-state index contributed by atoms with van der Waals surface area (Å²) >= 11 is 0. The average Bonchev–Trinajstić information content (AvgIpc) is 2.17. The first-order valence-electron chi connectivity index (χ1n) is 5.48. The molecule has 0 spiro atoms. The second-order valence-electron chi connectivity index (χ2n) is 3.88. The Hall–Kier alpha value is -1.31. The van der Waals surface area contributed by atoms with Gasteiger partial charge in [0.05, 0.1) is 0 Å². The van der Waals surface area contributed by atoms with Gasteiger partial charge in [0.2, 0.25) is 0 Å². The molecule has 0 heterocycles. The lowest BCUT2D eigenvalue weighted by atomic mass is 10.0. The quantitative estimate of drug-likeness (QED) is 0.591. The summed E-state index contributed by atoms with van der Waals surface area (Å²) in [6.45, 7) is 3.98. The number of phenolic OH excluding ortho intramolecular Hbond substituents is 1. The predicted molar refractivity (Wildman–Crippen MR) is 61.3 cm³/mol. The van der Waals surface area contributed by atoms with E-state index in [0.29, 0.717) is 6.42 Å². The minimum Gasteiger partial charge on any atom is -0.508 e. The molecule has 1 aromatic rings. The van der Waals surface area contributed by atoms with Gasteiger partial charge in [-0.25, -0.2) is 0 Å². The molecule has 0 unspecified atom stereocenters. The van der Waals surface area contributed by atoms with Crippen LogP contribution in [0.15, 0.2) is 18.2 Å². The fourth-order valence-corrected chi connectivity index (χ4v) is 1.63. The highest BCUT2D eigenvalue weighted by Crippen LogP contribution is 2.18. The second kappa shape index (κ2) is 5.54. The molecule has 0 saturated carbocycles. The summed E-state index contributed by atoms with van der Waals surface area (Å²) in [6.07, 6.45) is 3.79. The third-order valence-corrected chi connectivity index (χ3v) is 2.52. The molecule has 82 valence electrons. The molecule has 0 bridgehead atoms. The lowest BCUT2D eigenvalue weighted by Crippen LogP contribution is -2.01. The Morgan fingerprint density at radius 2 is 2.07 bits per heavy atom. The van der Waals surface area contributed by atoms with Crippen molar-refractivity contribution in [2.24, 2.45) is 0 Å². The van der Waals surface area contributed by atoms with Crippen LogP contribution in [-0.2, 0) is 0 Å². The number of benzene rings is 1. The van der Waals surface area contributed by atoms with Crippen LogP contribution >= 0.6 is 0 Å². The van der Waals surface area contributed by atoms with Crippen molar-refractivity contribution in [3.8, 4) is 5.75 Å². The smallest absolute Gasteiger partial charge is 0.163 e. The first-order chi connectivity index (χ1) is 7.15. The summed E-state index contributed by atoms with van der Waals surface area (Å²) in [7, 11) is 0. The van der Waals surface area contributed by atoms with E-state index in [4.69, 9.17) is 0 Å². The van der Waals surface area contributed by atoms with Crippen LogP contribution in [0.4, 0.5) is 0 Å². The van der Waals surface area contributed by atoms with Crippen molar-refractivity contribution in [1.82, 2.24) is 0 Å². The van der Waals surface area contributed by atoms with E-state index in [1.807, 2.05) is 6.92 Å². The molecule has 0 atom stereocenters. The second-order valence-corrected chi connectivity index (χ2v) is 3.88. The maximum atomic E-state index is 11.8. The number of hydrogen-bond donors (Lipinski definition) is 1. The molecule has 1 N–H and O–H groups in total. The van der Waals surface area contributed by atoms with Crippen LogP contribution in [0.1, 0.15) is 48.5 Å². The van der Waals surface area contributed by atoms with Gasteiger partial charge in [0.1, 0.15) is 5.75 Å². The molecule has 15 heavy (non-hydrogen) atoms. The van der Waals surface area contributed by atoms with E-state index in [0.717, 1.165) is 30.4 Å². The number of carbonyl (C=O) groups is 1. The monoisotopic (exact) mass is 206 g/mol. The van der Waals surface area contributed by atoms with Gasteiger partial charge in [-0.2, -0.15) is 0 Å². The lowest BCUT2D eigenvalue weighted by molar-refractivity contribution is 0.0978. The summed E-state index contributed by atoms with van der Waals surface area (Å²) in [6, 6.07) is 4.91. The van der Waals surface area contributed by atoms with Gasteiger partial charge in [0, 0.05) is 12.0 Å². The van der Waals surface area contributed by atoms with Crippen molar-refractivity contribution in [2.75, 3.05) is 0 Å². The van der Waals surface area contributed by atoms with Gasteiger partial charge in [-0.3, -0.25) is 4.79 Å². The molecular formula is C13H18O2. The Bertz CT molecular complexity index is 342. The molecule has 0 radical (unpaired) electrons. The maximum Gasteiger partial charge on any atom is 0.163 e. The zero-order valence-corrected chi connectivity index (χ0v) is 9.42. The van der Waals surface area contributed by atoms with E-state index in [1.165, 1.54) is 0 Å². The summed E-state index contributed by atoms with van der Waals surface area (Å²) in [5, 5.41) is 9.22. The van der Waals surface area contributed by atoms with E-state index in [2.05, 4.69) is 6.92 Å². The number of Topliss-reactive ketones (excluding diaryl/α,β-unsaturated/α-hetero) is 1. The molecule has 0 aliphatic heterocycles. The highest BCUT2D eigenvalue weighted by molar-refractivity contribution is 5.97. The number of phenols is 1. The molecule has 0 aliphatic rings. The molecule has 0 aromatic heterocycles. The Kier molecular flexibility index (Phi) is 4.35. The molecule has 0 amide bonds. The molecule has 1 rings (SSSR count). The average molecular weight is 206 g/mol. The van der Waals surface area contributed by atoms with Crippen molar-refractivity contribution in [3.05, 3.63) is 29.3 Å². The van der Waals surface area contributed by atoms with Crippen LogP contribution < -0.4 is 0 Å². The topological polar surface area (TPSA) is 37.3 Å². The summed E-state index contributed by atoms with van der Waals surface area (Å²) in [4.78, 5) is 11.8.